The third kappa shape index (κ3) is 6.55. The molecule has 1 aliphatic heterocycles. The Morgan fingerprint density at radius 3 is 2.47 bits per heavy atom. The molecule has 2 N–H and O–H groups in total. The first-order chi connectivity index (χ1) is 17.3. The van der Waals surface area contributed by atoms with Gasteiger partial charge in [-0.3, -0.25) is 23.5 Å². The lowest BCUT2D eigenvalue weighted by atomic mass is 10.1. The molecule has 1 saturated carbocycles. The number of nitrogens with one attached hydrogen (secondary N) is 2. The Hall–Kier alpha value is -3.11. The Morgan fingerprint density at radius 1 is 1.06 bits per heavy atom. The topological polar surface area (TPSA) is 114 Å². The fourth-order valence-corrected chi connectivity index (χ4v) is 5.28. The normalized spacial score (nSPS) is 16.3. The average molecular weight is 534 g/mol. The summed E-state index contributed by atoms with van der Waals surface area (Å²) in [6.45, 7) is 1.74. The SMILES string of the molecule is CC(C(=O)NC1CCCC1)N(C(=O)CS(=O)CC(=O)Nc1ccc2c(c1)OCO2)c1ccc(Cl)cc1. The maximum atomic E-state index is 13.2. The number of benzene rings is 2. The Morgan fingerprint density at radius 2 is 1.75 bits per heavy atom. The van der Waals surface area contributed by atoms with Gasteiger partial charge in [0, 0.05) is 39.3 Å². The summed E-state index contributed by atoms with van der Waals surface area (Å²) in [7, 11) is -1.80. The molecule has 2 atom stereocenters. The van der Waals surface area contributed by atoms with Crippen molar-refractivity contribution in [3.8, 4) is 11.5 Å². The first-order valence-corrected chi connectivity index (χ1v) is 13.6. The molecular formula is C25H28ClN3O6S. The van der Waals surface area contributed by atoms with Gasteiger partial charge in [0.15, 0.2) is 11.5 Å². The lowest BCUT2D eigenvalue weighted by molar-refractivity contribution is -0.125. The molecule has 11 heteroatoms. The van der Waals surface area contributed by atoms with E-state index in [2.05, 4.69) is 10.6 Å². The van der Waals surface area contributed by atoms with Crippen LogP contribution in [0.5, 0.6) is 11.5 Å². The number of carbonyl (C=O) groups is 3. The molecule has 1 heterocycles. The fourth-order valence-electron chi connectivity index (χ4n) is 4.27. The third-order valence-corrected chi connectivity index (χ3v) is 7.48. The van der Waals surface area contributed by atoms with Gasteiger partial charge >= 0.3 is 0 Å². The molecule has 0 bridgehead atoms. The summed E-state index contributed by atoms with van der Waals surface area (Å²) >= 11 is 6.00. The number of ether oxygens (including phenoxy) is 2. The number of carbonyl (C=O) groups excluding carboxylic acids is 3. The number of fused-ring (bicyclic) bond motifs is 1. The smallest absolute Gasteiger partial charge is 0.243 e. The molecule has 2 aromatic rings. The molecule has 2 aliphatic rings. The van der Waals surface area contributed by atoms with Gasteiger partial charge in [-0.1, -0.05) is 24.4 Å². The predicted molar refractivity (Wildman–Crippen MR) is 138 cm³/mol. The van der Waals surface area contributed by atoms with Crippen LogP contribution in [0, 0.1) is 0 Å². The first kappa shape index (κ1) is 26.0. The van der Waals surface area contributed by atoms with Crippen LogP contribution < -0.4 is 25.0 Å². The molecule has 3 amide bonds. The highest BCUT2D eigenvalue weighted by Crippen LogP contribution is 2.34. The zero-order valence-corrected chi connectivity index (χ0v) is 21.4. The highest BCUT2D eigenvalue weighted by Gasteiger charge is 2.30. The van der Waals surface area contributed by atoms with E-state index in [1.54, 1.807) is 49.4 Å². The van der Waals surface area contributed by atoms with Gasteiger partial charge in [-0.2, -0.15) is 0 Å². The Bertz CT molecular complexity index is 1150. The number of halogens is 1. The van der Waals surface area contributed by atoms with Crippen LogP contribution in [0.1, 0.15) is 32.6 Å². The van der Waals surface area contributed by atoms with Crippen molar-refractivity contribution in [2.24, 2.45) is 0 Å². The molecule has 2 unspecified atom stereocenters. The van der Waals surface area contributed by atoms with E-state index in [0.29, 0.717) is 27.9 Å². The predicted octanol–water partition coefficient (Wildman–Crippen LogP) is 3.24. The molecule has 192 valence electrons. The standard InChI is InChI=1S/C25H28ClN3O6S/c1-16(25(32)28-18-4-2-3-5-18)29(20-9-6-17(26)7-10-20)24(31)14-36(33)13-23(30)27-19-8-11-21-22(12-19)35-15-34-21/h6-12,16,18H,2-5,13-15H2,1H3,(H,27,30)(H,28,32). The van der Waals surface area contributed by atoms with Crippen LogP contribution in [0.25, 0.3) is 0 Å². The fraction of sp³-hybridized carbons (Fsp3) is 0.400. The monoisotopic (exact) mass is 533 g/mol. The molecule has 2 aromatic carbocycles. The van der Waals surface area contributed by atoms with Gasteiger partial charge in [-0.25, -0.2) is 0 Å². The van der Waals surface area contributed by atoms with E-state index in [1.165, 1.54) is 4.90 Å². The van der Waals surface area contributed by atoms with Crippen LogP contribution in [0.2, 0.25) is 5.02 Å². The summed E-state index contributed by atoms with van der Waals surface area (Å²) in [6.07, 6.45) is 3.95. The van der Waals surface area contributed by atoms with Gasteiger partial charge in [0.05, 0.1) is 0 Å². The van der Waals surface area contributed by atoms with E-state index in [4.69, 9.17) is 21.1 Å². The minimum atomic E-state index is -1.80. The second-order valence-electron chi connectivity index (χ2n) is 8.75. The first-order valence-electron chi connectivity index (χ1n) is 11.7. The third-order valence-electron chi connectivity index (χ3n) is 6.07. The highest BCUT2D eigenvalue weighted by atomic mass is 35.5. The number of hydrogen-bond donors (Lipinski definition) is 2. The van der Waals surface area contributed by atoms with Gasteiger partial charge in [0.2, 0.25) is 24.5 Å². The lowest BCUT2D eigenvalue weighted by Crippen LogP contribution is -2.51. The van der Waals surface area contributed by atoms with Crippen LogP contribution in [-0.4, -0.2) is 52.3 Å². The Labute approximate surface area is 216 Å². The number of rotatable bonds is 9. The second kappa shape index (κ2) is 11.7. The number of anilines is 2. The summed E-state index contributed by atoms with van der Waals surface area (Å²) in [5, 5.41) is 6.14. The van der Waals surface area contributed by atoms with Crippen LogP contribution in [0.15, 0.2) is 42.5 Å². The number of hydrogen-bond acceptors (Lipinski definition) is 6. The molecule has 1 fully saturated rings. The second-order valence-corrected chi connectivity index (χ2v) is 10.6. The van der Waals surface area contributed by atoms with E-state index >= 15 is 0 Å². The lowest BCUT2D eigenvalue weighted by Gasteiger charge is -2.29. The van der Waals surface area contributed by atoms with Crippen LogP contribution in [-0.2, 0) is 25.2 Å². The quantitative estimate of drug-likeness (QED) is 0.511. The largest absolute Gasteiger partial charge is 0.454 e. The molecular weight excluding hydrogens is 506 g/mol. The maximum Gasteiger partial charge on any atom is 0.243 e. The average Bonchev–Trinajstić information content (AvgIpc) is 3.51. The van der Waals surface area contributed by atoms with Gasteiger partial charge in [0.1, 0.15) is 17.5 Å². The Kier molecular flexibility index (Phi) is 8.48. The van der Waals surface area contributed by atoms with E-state index < -0.39 is 34.4 Å². The van der Waals surface area contributed by atoms with Gasteiger partial charge in [-0.05, 0) is 56.2 Å². The minimum absolute atomic E-state index is 0.0936. The van der Waals surface area contributed by atoms with Crippen molar-refractivity contribution in [3.63, 3.8) is 0 Å². The molecule has 4 rings (SSSR count). The molecule has 9 nitrogen and oxygen atoms in total. The molecule has 0 radical (unpaired) electrons. The van der Waals surface area contributed by atoms with Crippen molar-refractivity contribution in [2.45, 2.75) is 44.7 Å². The van der Waals surface area contributed by atoms with E-state index in [1.807, 2.05) is 0 Å². The zero-order valence-electron chi connectivity index (χ0n) is 19.8. The summed E-state index contributed by atoms with van der Waals surface area (Å²) in [5.41, 5.74) is 0.924. The summed E-state index contributed by atoms with van der Waals surface area (Å²) in [6, 6.07) is 10.7. The summed E-state index contributed by atoms with van der Waals surface area (Å²) < 4.78 is 23.3. The molecule has 1 aliphatic carbocycles. The number of amides is 3. The van der Waals surface area contributed by atoms with Gasteiger partial charge < -0.3 is 20.1 Å². The van der Waals surface area contributed by atoms with Crippen molar-refractivity contribution < 1.29 is 28.1 Å². The Balaban J connectivity index is 1.39. The maximum absolute atomic E-state index is 13.2. The van der Waals surface area contributed by atoms with Crippen LogP contribution in [0.3, 0.4) is 0 Å². The highest BCUT2D eigenvalue weighted by molar-refractivity contribution is 7.86. The molecule has 0 aromatic heterocycles. The van der Waals surface area contributed by atoms with E-state index in [0.717, 1.165) is 25.7 Å². The van der Waals surface area contributed by atoms with Crippen molar-refractivity contribution in [1.29, 1.82) is 0 Å². The van der Waals surface area contributed by atoms with Crippen LogP contribution >= 0.6 is 11.6 Å². The van der Waals surface area contributed by atoms with Crippen molar-refractivity contribution in [2.75, 3.05) is 28.5 Å². The van der Waals surface area contributed by atoms with Crippen molar-refractivity contribution in [1.82, 2.24) is 5.32 Å². The number of nitrogens with zero attached hydrogens (tertiary/aromatic N) is 1. The van der Waals surface area contributed by atoms with Crippen molar-refractivity contribution in [3.05, 3.63) is 47.5 Å². The van der Waals surface area contributed by atoms with E-state index in [-0.39, 0.29) is 24.5 Å². The van der Waals surface area contributed by atoms with Crippen LogP contribution in [0.4, 0.5) is 11.4 Å². The van der Waals surface area contributed by atoms with Crippen molar-refractivity contribution >= 4 is 51.5 Å². The molecule has 0 spiro atoms. The summed E-state index contributed by atoms with van der Waals surface area (Å²) in [5.74, 6) is -1.03. The van der Waals surface area contributed by atoms with E-state index in [9.17, 15) is 18.6 Å². The molecule has 36 heavy (non-hydrogen) atoms. The van der Waals surface area contributed by atoms with Gasteiger partial charge in [-0.15, -0.1) is 0 Å². The minimum Gasteiger partial charge on any atom is -0.454 e. The molecule has 0 saturated heterocycles. The summed E-state index contributed by atoms with van der Waals surface area (Å²) in [4.78, 5) is 39.9. The van der Waals surface area contributed by atoms with Gasteiger partial charge in [0.25, 0.3) is 0 Å². The zero-order chi connectivity index (χ0) is 25.7.